The van der Waals surface area contributed by atoms with E-state index in [4.69, 9.17) is 5.11 Å². The third-order valence-corrected chi connectivity index (χ3v) is 3.86. The third kappa shape index (κ3) is 3.47. The summed E-state index contributed by atoms with van der Waals surface area (Å²) >= 11 is 3.49. The van der Waals surface area contributed by atoms with Crippen LogP contribution in [0.1, 0.15) is 17.5 Å². The second-order valence-corrected chi connectivity index (χ2v) is 5.28. The number of urea groups is 1. The van der Waals surface area contributed by atoms with Crippen molar-refractivity contribution in [1.29, 1.82) is 0 Å². The van der Waals surface area contributed by atoms with Crippen LogP contribution < -0.4 is 5.32 Å². The highest BCUT2D eigenvalue weighted by molar-refractivity contribution is 9.10. The van der Waals surface area contributed by atoms with Crippen molar-refractivity contribution in [3.63, 3.8) is 0 Å². The standard InChI is InChI=1S/C13H15BrN2O3/c14-11-3-1-2-9-5-7-16(8-10(9)11)13(19)15-6-4-12(17)18/h1-3H,4-8H2,(H,15,19)(H,17,18). The lowest BCUT2D eigenvalue weighted by atomic mass is 10.0. The van der Waals surface area contributed by atoms with Crippen molar-refractivity contribution < 1.29 is 14.7 Å². The first kappa shape index (κ1) is 13.9. The molecule has 0 aliphatic carbocycles. The van der Waals surface area contributed by atoms with Crippen LogP contribution in [-0.4, -0.2) is 35.1 Å². The Morgan fingerprint density at radius 3 is 2.95 bits per heavy atom. The number of nitrogens with zero attached hydrogens (tertiary/aromatic N) is 1. The van der Waals surface area contributed by atoms with Crippen molar-refractivity contribution in [3.05, 3.63) is 33.8 Å². The van der Waals surface area contributed by atoms with Gasteiger partial charge in [-0.25, -0.2) is 4.79 Å². The lowest BCUT2D eigenvalue weighted by molar-refractivity contribution is -0.136. The van der Waals surface area contributed by atoms with E-state index in [9.17, 15) is 9.59 Å². The molecule has 1 aromatic carbocycles. The highest BCUT2D eigenvalue weighted by Crippen LogP contribution is 2.26. The van der Waals surface area contributed by atoms with Gasteiger partial charge in [0.15, 0.2) is 0 Å². The zero-order valence-corrected chi connectivity index (χ0v) is 11.9. The minimum absolute atomic E-state index is 0.0557. The summed E-state index contributed by atoms with van der Waals surface area (Å²) in [5.74, 6) is -0.910. The fourth-order valence-corrected chi connectivity index (χ4v) is 2.63. The molecule has 0 radical (unpaired) electrons. The van der Waals surface area contributed by atoms with Crippen molar-refractivity contribution in [2.24, 2.45) is 0 Å². The smallest absolute Gasteiger partial charge is 0.317 e. The number of nitrogens with one attached hydrogen (secondary N) is 1. The number of carbonyl (C=O) groups is 2. The highest BCUT2D eigenvalue weighted by Gasteiger charge is 2.21. The van der Waals surface area contributed by atoms with Crippen LogP contribution in [-0.2, 0) is 17.8 Å². The summed E-state index contributed by atoms with van der Waals surface area (Å²) in [5, 5.41) is 11.2. The van der Waals surface area contributed by atoms with Crippen LogP contribution in [0.15, 0.2) is 22.7 Å². The number of carbonyl (C=O) groups excluding carboxylic acids is 1. The number of hydrogen-bond acceptors (Lipinski definition) is 2. The van der Waals surface area contributed by atoms with Crippen LogP contribution in [0, 0.1) is 0 Å². The van der Waals surface area contributed by atoms with Gasteiger partial charge in [0.2, 0.25) is 0 Å². The van der Waals surface area contributed by atoms with Gasteiger partial charge in [-0.1, -0.05) is 28.1 Å². The monoisotopic (exact) mass is 326 g/mol. The molecule has 5 nitrogen and oxygen atoms in total. The van der Waals surface area contributed by atoms with Crippen molar-refractivity contribution in [2.45, 2.75) is 19.4 Å². The molecule has 0 saturated carbocycles. The van der Waals surface area contributed by atoms with E-state index in [1.165, 1.54) is 5.56 Å². The Morgan fingerprint density at radius 2 is 2.21 bits per heavy atom. The molecule has 0 saturated heterocycles. The van der Waals surface area contributed by atoms with Gasteiger partial charge in [0, 0.05) is 24.1 Å². The molecule has 1 heterocycles. The molecule has 6 heteroatoms. The minimum Gasteiger partial charge on any atom is -0.481 e. The third-order valence-electron chi connectivity index (χ3n) is 3.12. The predicted octanol–water partition coefficient (Wildman–Crippen LogP) is 1.99. The first-order chi connectivity index (χ1) is 9.08. The lowest BCUT2D eigenvalue weighted by Crippen LogP contribution is -2.43. The molecule has 0 fully saturated rings. The number of halogens is 1. The number of amides is 2. The Hall–Kier alpha value is -1.56. The lowest BCUT2D eigenvalue weighted by Gasteiger charge is -2.29. The van der Waals surface area contributed by atoms with Crippen molar-refractivity contribution >= 4 is 27.9 Å². The summed E-state index contributed by atoms with van der Waals surface area (Å²) < 4.78 is 1.01. The van der Waals surface area contributed by atoms with E-state index < -0.39 is 5.97 Å². The topological polar surface area (TPSA) is 69.6 Å². The fraction of sp³-hybridized carbons (Fsp3) is 0.385. The first-order valence-electron chi connectivity index (χ1n) is 6.09. The summed E-state index contributed by atoms with van der Waals surface area (Å²) in [6.45, 7) is 1.37. The van der Waals surface area contributed by atoms with Gasteiger partial charge < -0.3 is 15.3 Å². The Balaban J connectivity index is 1.95. The second kappa shape index (κ2) is 6.06. The number of aliphatic carboxylic acids is 1. The summed E-state index contributed by atoms with van der Waals surface area (Å²) in [6, 6.07) is 5.82. The number of rotatable bonds is 3. The SMILES string of the molecule is O=C(O)CCNC(=O)N1CCc2cccc(Br)c2C1. The van der Waals surface area contributed by atoms with E-state index in [-0.39, 0.29) is 19.0 Å². The average Bonchev–Trinajstić information content (AvgIpc) is 2.38. The maximum atomic E-state index is 11.9. The van der Waals surface area contributed by atoms with Crippen LogP contribution in [0.2, 0.25) is 0 Å². The van der Waals surface area contributed by atoms with E-state index >= 15 is 0 Å². The number of carboxylic acids is 1. The number of fused-ring (bicyclic) bond motifs is 1. The van der Waals surface area contributed by atoms with E-state index in [0.29, 0.717) is 13.1 Å². The zero-order valence-electron chi connectivity index (χ0n) is 10.4. The molecule has 0 spiro atoms. The molecule has 1 aliphatic heterocycles. The zero-order chi connectivity index (χ0) is 13.8. The number of benzene rings is 1. The molecule has 2 amide bonds. The van der Waals surface area contributed by atoms with E-state index in [1.807, 2.05) is 12.1 Å². The minimum atomic E-state index is -0.910. The van der Waals surface area contributed by atoms with Crippen LogP contribution in [0.25, 0.3) is 0 Å². The van der Waals surface area contributed by atoms with Gasteiger partial charge >= 0.3 is 12.0 Å². The Morgan fingerprint density at radius 1 is 1.42 bits per heavy atom. The van der Waals surface area contributed by atoms with Gasteiger partial charge in [0.1, 0.15) is 0 Å². The second-order valence-electron chi connectivity index (χ2n) is 4.42. The highest BCUT2D eigenvalue weighted by atomic mass is 79.9. The van der Waals surface area contributed by atoms with Crippen LogP contribution in [0.5, 0.6) is 0 Å². The fourth-order valence-electron chi connectivity index (χ4n) is 2.10. The maximum Gasteiger partial charge on any atom is 0.317 e. The maximum absolute atomic E-state index is 11.9. The van der Waals surface area contributed by atoms with Gasteiger partial charge in [-0.05, 0) is 23.6 Å². The predicted molar refractivity (Wildman–Crippen MR) is 73.9 cm³/mol. The molecule has 0 atom stereocenters. The molecular weight excluding hydrogens is 312 g/mol. The molecule has 0 bridgehead atoms. The van der Waals surface area contributed by atoms with E-state index in [2.05, 4.69) is 27.3 Å². The molecule has 102 valence electrons. The van der Waals surface area contributed by atoms with Gasteiger partial charge in [0.05, 0.1) is 6.42 Å². The molecular formula is C13H15BrN2O3. The Bertz CT molecular complexity index is 505. The van der Waals surface area contributed by atoms with E-state index in [1.54, 1.807) is 4.90 Å². The summed E-state index contributed by atoms with van der Waals surface area (Å²) in [5.41, 5.74) is 2.38. The molecule has 0 unspecified atom stereocenters. The van der Waals surface area contributed by atoms with Gasteiger partial charge in [-0.2, -0.15) is 0 Å². The van der Waals surface area contributed by atoms with Crippen molar-refractivity contribution in [2.75, 3.05) is 13.1 Å². The number of carboxylic acid groups (broad SMARTS) is 1. The first-order valence-corrected chi connectivity index (χ1v) is 6.88. The van der Waals surface area contributed by atoms with Crippen molar-refractivity contribution in [1.82, 2.24) is 10.2 Å². The largest absolute Gasteiger partial charge is 0.481 e. The van der Waals surface area contributed by atoms with Gasteiger partial charge in [-0.3, -0.25) is 4.79 Å². The molecule has 1 aromatic rings. The summed E-state index contributed by atoms with van der Waals surface area (Å²) in [4.78, 5) is 24.0. The Labute approximate surface area is 119 Å². The Kier molecular flexibility index (Phi) is 4.42. The van der Waals surface area contributed by atoms with Gasteiger partial charge in [-0.15, -0.1) is 0 Å². The quantitative estimate of drug-likeness (QED) is 0.892. The van der Waals surface area contributed by atoms with Crippen LogP contribution in [0.4, 0.5) is 4.79 Å². The molecule has 2 N–H and O–H groups in total. The van der Waals surface area contributed by atoms with Crippen LogP contribution >= 0.6 is 15.9 Å². The summed E-state index contributed by atoms with van der Waals surface area (Å²) in [6.07, 6.45) is 0.765. The molecule has 19 heavy (non-hydrogen) atoms. The van der Waals surface area contributed by atoms with Gasteiger partial charge in [0.25, 0.3) is 0 Å². The van der Waals surface area contributed by atoms with Crippen LogP contribution in [0.3, 0.4) is 0 Å². The summed E-state index contributed by atoms with van der Waals surface area (Å²) in [7, 11) is 0. The molecule has 2 rings (SSSR count). The average molecular weight is 327 g/mol. The molecule has 1 aliphatic rings. The normalized spacial score (nSPS) is 13.8. The van der Waals surface area contributed by atoms with Crippen molar-refractivity contribution in [3.8, 4) is 0 Å². The number of hydrogen-bond donors (Lipinski definition) is 2. The van der Waals surface area contributed by atoms with E-state index in [0.717, 1.165) is 16.5 Å². The molecule has 0 aromatic heterocycles.